The van der Waals surface area contributed by atoms with Crippen molar-refractivity contribution in [2.45, 2.75) is 29.9 Å². The van der Waals surface area contributed by atoms with E-state index >= 15 is 0 Å². The zero-order chi connectivity index (χ0) is 9.30. The maximum absolute atomic E-state index is 9.24. The first-order valence-corrected chi connectivity index (χ1v) is 4.08. The van der Waals surface area contributed by atoms with Crippen molar-refractivity contribution in [1.29, 1.82) is 0 Å². The van der Waals surface area contributed by atoms with Gasteiger partial charge in [0.2, 0.25) is 0 Å². The Bertz CT molecular complexity index is 150. The second kappa shape index (κ2) is 3.91. The van der Waals surface area contributed by atoms with Gasteiger partial charge in [0.1, 0.15) is 6.10 Å². The van der Waals surface area contributed by atoms with Crippen molar-refractivity contribution in [3.05, 3.63) is 0 Å². The van der Waals surface area contributed by atoms with Crippen LogP contribution in [-0.4, -0.2) is 56.9 Å². The summed E-state index contributed by atoms with van der Waals surface area (Å²) in [7, 11) is 0. The fraction of sp³-hybridized carbons (Fsp3) is 1.00. The lowest BCUT2D eigenvalue weighted by Crippen LogP contribution is -2.56. The molecule has 0 bridgehead atoms. The van der Waals surface area contributed by atoms with Gasteiger partial charge in [0.05, 0.1) is 24.1 Å². The topological polar surface area (TPSA) is 90.2 Å². The molecule has 72 valence electrons. The maximum atomic E-state index is 9.24. The van der Waals surface area contributed by atoms with Gasteiger partial charge >= 0.3 is 0 Å². The van der Waals surface area contributed by atoms with Crippen molar-refractivity contribution < 1.29 is 25.2 Å². The number of aliphatic hydroxyl groups excluding tert-OH is 4. The van der Waals surface area contributed by atoms with E-state index in [1.54, 1.807) is 0 Å². The number of rotatable bonds is 1. The van der Waals surface area contributed by atoms with Gasteiger partial charge < -0.3 is 25.2 Å². The number of ether oxygens (including phenoxy) is 1. The Morgan fingerprint density at radius 2 is 1.75 bits per heavy atom. The van der Waals surface area contributed by atoms with E-state index in [1.807, 2.05) is 0 Å². The molecule has 2 unspecified atom stereocenters. The molecule has 12 heavy (non-hydrogen) atoms. The van der Waals surface area contributed by atoms with Gasteiger partial charge in [-0.1, -0.05) is 0 Å². The molecule has 0 aromatic heterocycles. The van der Waals surface area contributed by atoms with Gasteiger partial charge in [0.25, 0.3) is 0 Å². The molecule has 6 heteroatoms. The Labute approximate surface area is 75.0 Å². The van der Waals surface area contributed by atoms with E-state index in [4.69, 9.17) is 20.1 Å². The number of hydrogen-bond acceptors (Lipinski definition) is 6. The Kier molecular flexibility index (Phi) is 3.33. The third-order valence-corrected chi connectivity index (χ3v) is 2.51. The second-order valence-corrected chi connectivity index (χ2v) is 3.32. The third kappa shape index (κ3) is 1.73. The highest BCUT2D eigenvalue weighted by atomic mass is 32.1. The molecule has 0 saturated carbocycles. The standard InChI is InChI=1S/C6H12O5S/c7-1-2-5(12)3(8)4(9)6(10)11-2/h2-10,12H,1H2/t2?,3-,4?,5-,6-/m1/s1. The molecule has 5 atom stereocenters. The van der Waals surface area contributed by atoms with Crippen LogP contribution in [0.4, 0.5) is 0 Å². The average Bonchev–Trinajstić information content (AvgIpc) is 2.08. The van der Waals surface area contributed by atoms with Crippen LogP contribution in [0.3, 0.4) is 0 Å². The molecule has 0 amide bonds. The fourth-order valence-electron chi connectivity index (χ4n) is 1.08. The normalized spacial score (nSPS) is 49.2. The highest BCUT2D eigenvalue weighted by molar-refractivity contribution is 7.81. The van der Waals surface area contributed by atoms with Gasteiger partial charge in [0, 0.05) is 0 Å². The summed E-state index contributed by atoms with van der Waals surface area (Å²) in [5.41, 5.74) is 0. The SMILES string of the molecule is OCC1O[C@@H](O)C(O)[C@@H](O)[C@@H]1S. The highest BCUT2D eigenvalue weighted by Gasteiger charge is 2.41. The number of thiol groups is 1. The summed E-state index contributed by atoms with van der Waals surface area (Å²) in [6, 6.07) is 0. The first kappa shape index (κ1) is 10.2. The summed E-state index contributed by atoms with van der Waals surface area (Å²) < 4.78 is 4.75. The lowest BCUT2D eigenvalue weighted by molar-refractivity contribution is -0.248. The Morgan fingerprint density at radius 1 is 1.17 bits per heavy atom. The van der Waals surface area contributed by atoms with E-state index < -0.39 is 29.9 Å². The fourth-order valence-corrected chi connectivity index (χ4v) is 1.42. The molecule has 1 fully saturated rings. The van der Waals surface area contributed by atoms with Gasteiger partial charge in [-0.15, -0.1) is 0 Å². The van der Waals surface area contributed by atoms with Crippen molar-refractivity contribution in [3.8, 4) is 0 Å². The predicted molar refractivity (Wildman–Crippen MR) is 42.8 cm³/mol. The van der Waals surface area contributed by atoms with Crippen molar-refractivity contribution in [1.82, 2.24) is 0 Å². The minimum absolute atomic E-state index is 0.352. The smallest absolute Gasteiger partial charge is 0.183 e. The van der Waals surface area contributed by atoms with E-state index in [9.17, 15) is 5.11 Å². The van der Waals surface area contributed by atoms with Gasteiger partial charge in [-0.25, -0.2) is 0 Å². The monoisotopic (exact) mass is 196 g/mol. The largest absolute Gasteiger partial charge is 0.394 e. The summed E-state index contributed by atoms with van der Waals surface area (Å²) in [6.07, 6.45) is -4.76. The summed E-state index contributed by atoms with van der Waals surface area (Å²) in [6.45, 7) is -0.352. The number of aliphatic hydroxyl groups is 4. The van der Waals surface area contributed by atoms with E-state index in [0.717, 1.165) is 0 Å². The summed E-state index contributed by atoms with van der Waals surface area (Å²) >= 11 is 3.93. The van der Waals surface area contributed by atoms with Crippen molar-refractivity contribution >= 4 is 12.6 Å². The molecule has 0 spiro atoms. The Morgan fingerprint density at radius 3 is 2.25 bits per heavy atom. The molecule has 4 N–H and O–H groups in total. The van der Waals surface area contributed by atoms with Crippen LogP contribution >= 0.6 is 12.6 Å². The molecule has 0 aliphatic carbocycles. The summed E-state index contributed by atoms with van der Waals surface area (Å²) in [5.74, 6) is 0. The molecule has 0 radical (unpaired) electrons. The third-order valence-electron chi connectivity index (χ3n) is 1.87. The minimum atomic E-state index is -1.46. The quantitative estimate of drug-likeness (QED) is 0.305. The van der Waals surface area contributed by atoms with Gasteiger partial charge in [0.15, 0.2) is 6.29 Å². The molecule has 5 nitrogen and oxygen atoms in total. The summed E-state index contributed by atoms with van der Waals surface area (Å²) in [4.78, 5) is 0. The van der Waals surface area contributed by atoms with E-state index in [0.29, 0.717) is 0 Å². The highest BCUT2D eigenvalue weighted by Crippen LogP contribution is 2.23. The van der Waals surface area contributed by atoms with Crippen molar-refractivity contribution in [2.24, 2.45) is 0 Å². The van der Waals surface area contributed by atoms with Crippen molar-refractivity contribution in [2.75, 3.05) is 6.61 Å². The van der Waals surface area contributed by atoms with Crippen LogP contribution in [-0.2, 0) is 4.74 Å². The molecule has 0 aromatic carbocycles. The van der Waals surface area contributed by atoms with Crippen LogP contribution in [0.25, 0.3) is 0 Å². The number of hydrogen-bond donors (Lipinski definition) is 5. The van der Waals surface area contributed by atoms with Crippen molar-refractivity contribution in [3.63, 3.8) is 0 Å². The van der Waals surface area contributed by atoms with E-state index in [2.05, 4.69) is 12.6 Å². The molecule has 0 aromatic rings. The van der Waals surface area contributed by atoms with Crippen LogP contribution in [0.1, 0.15) is 0 Å². The van der Waals surface area contributed by atoms with Gasteiger partial charge in [-0.05, 0) is 0 Å². The first-order chi connectivity index (χ1) is 5.57. The maximum Gasteiger partial charge on any atom is 0.183 e. The van der Waals surface area contributed by atoms with Crippen LogP contribution in [0.15, 0.2) is 0 Å². The summed E-state index contributed by atoms with van der Waals surface area (Å²) in [5, 5.41) is 35.3. The minimum Gasteiger partial charge on any atom is -0.394 e. The van der Waals surface area contributed by atoms with E-state index in [1.165, 1.54) is 0 Å². The molecule has 1 heterocycles. The molecule has 1 aliphatic heterocycles. The first-order valence-electron chi connectivity index (χ1n) is 3.56. The molecular formula is C6H12O5S. The van der Waals surface area contributed by atoms with Gasteiger partial charge in [-0.3, -0.25) is 0 Å². The van der Waals surface area contributed by atoms with Gasteiger partial charge in [-0.2, -0.15) is 12.6 Å². The Hall–Kier alpha value is 0.150. The lowest BCUT2D eigenvalue weighted by Gasteiger charge is -2.37. The molecule has 1 rings (SSSR count). The van der Waals surface area contributed by atoms with Crippen LogP contribution in [0.2, 0.25) is 0 Å². The van der Waals surface area contributed by atoms with Crippen LogP contribution in [0.5, 0.6) is 0 Å². The Balaban J connectivity index is 2.63. The molecule has 1 saturated heterocycles. The van der Waals surface area contributed by atoms with Crippen LogP contribution < -0.4 is 0 Å². The average molecular weight is 196 g/mol. The zero-order valence-electron chi connectivity index (χ0n) is 6.24. The predicted octanol–water partition coefficient (Wildman–Crippen LogP) is -2.28. The molecule has 1 aliphatic rings. The lowest BCUT2D eigenvalue weighted by atomic mass is 10.0. The van der Waals surface area contributed by atoms with Crippen LogP contribution in [0, 0.1) is 0 Å². The molecular weight excluding hydrogens is 184 g/mol. The van der Waals surface area contributed by atoms with E-state index in [-0.39, 0.29) is 6.61 Å². The second-order valence-electron chi connectivity index (χ2n) is 2.72. The zero-order valence-corrected chi connectivity index (χ0v) is 7.13.